The van der Waals surface area contributed by atoms with Crippen molar-refractivity contribution >= 4 is 11.3 Å². The second-order valence-corrected chi connectivity index (χ2v) is 6.91. The van der Waals surface area contributed by atoms with E-state index in [1.54, 1.807) is 11.3 Å². The normalized spacial score (nSPS) is 25.3. The lowest BCUT2D eigenvalue weighted by Gasteiger charge is -2.31. The maximum absolute atomic E-state index is 6.11. The number of piperidine rings is 1. The first-order valence-electron chi connectivity index (χ1n) is 7.48. The van der Waals surface area contributed by atoms with E-state index >= 15 is 0 Å². The van der Waals surface area contributed by atoms with E-state index in [1.165, 1.54) is 49.3 Å². The number of hydrogen-bond donors (Lipinski definition) is 1. The molecule has 0 radical (unpaired) electrons. The molecule has 0 bridgehead atoms. The summed E-state index contributed by atoms with van der Waals surface area (Å²) >= 11 is 1.74. The molecule has 0 spiro atoms. The highest BCUT2D eigenvalue weighted by Gasteiger charge is 2.32. The van der Waals surface area contributed by atoms with Crippen LogP contribution in [0.3, 0.4) is 0 Å². The Balaban J connectivity index is 1.35. The standard InChI is InChI=1S/C14H21N3OS/c1-2-10(1)17-7-4-11(5-8-17)18-14-16-12-3-6-15-9-13(12)19-14/h10-11,15H,1-9H2. The fourth-order valence-corrected chi connectivity index (χ4v) is 4.08. The second kappa shape index (κ2) is 5.04. The van der Waals surface area contributed by atoms with Crippen molar-refractivity contribution in [1.82, 2.24) is 15.2 Å². The molecule has 2 fully saturated rings. The number of nitrogens with one attached hydrogen (secondary N) is 1. The largest absolute Gasteiger partial charge is 0.467 e. The molecule has 1 aliphatic carbocycles. The number of aromatic nitrogens is 1. The molecular weight excluding hydrogens is 258 g/mol. The second-order valence-electron chi connectivity index (χ2n) is 5.86. The Bertz CT molecular complexity index is 426. The van der Waals surface area contributed by atoms with Crippen LogP contribution < -0.4 is 10.1 Å². The molecule has 0 unspecified atom stereocenters. The van der Waals surface area contributed by atoms with E-state index in [0.29, 0.717) is 6.10 Å². The van der Waals surface area contributed by atoms with Crippen LogP contribution in [-0.4, -0.2) is 41.7 Å². The molecule has 104 valence electrons. The van der Waals surface area contributed by atoms with Crippen LogP contribution in [0.15, 0.2) is 0 Å². The smallest absolute Gasteiger partial charge is 0.273 e. The van der Waals surface area contributed by atoms with Gasteiger partial charge in [0.2, 0.25) is 0 Å². The highest BCUT2D eigenvalue weighted by atomic mass is 32.1. The van der Waals surface area contributed by atoms with Crippen molar-refractivity contribution in [2.45, 2.75) is 50.8 Å². The van der Waals surface area contributed by atoms with Crippen molar-refractivity contribution in [3.63, 3.8) is 0 Å². The fourth-order valence-electron chi connectivity index (χ4n) is 3.09. The Hall–Kier alpha value is -0.650. The van der Waals surface area contributed by atoms with Gasteiger partial charge in [-0.15, -0.1) is 0 Å². The minimum absolute atomic E-state index is 0.385. The summed E-state index contributed by atoms with van der Waals surface area (Å²) in [5, 5.41) is 4.29. The van der Waals surface area contributed by atoms with Crippen molar-refractivity contribution in [2.75, 3.05) is 19.6 Å². The lowest BCUT2D eigenvalue weighted by molar-refractivity contribution is 0.0962. The van der Waals surface area contributed by atoms with E-state index < -0.39 is 0 Å². The van der Waals surface area contributed by atoms with Gasteiger partial charge in [-0.3, -0.25) is 0 Å². The highest BCUT2D eigenvalue weighted by Crippen LogP contribution is 2.32. The predicted octanol–water partition coefficient (Wildman–Crippen LogP) is 1.79. The average Bonchev–Trinajstić information content (AvgIpc) is 3.20. The molecule has 0 aromatic carbocycles. The van der Waals surface area contributed by atoms with E-state index in [9.17, 15) is 0 Å². The lowest BCUT2D eigenvalue weighted by Crippen LogP contribution is -2.39. The van der Waals surface area contributed by atoms with Crippen molar-refractivity contribution in [1.29, 1.82) is 0 Å². The maximum Gasteiger partial charge on any atom is 0.273 e. The van der Waals surface area contributed by atoms with Gasteiger partial charge in [-0.1, -0.05) is 11.3 Å². The molecule has 1 aromatic heterocycles. The zero-order valence-electron chi connectivity index (χ0n) is 11.2. The number of nitrogens with zero attached hydrogens (tertiary/aromatic N) is 2. The summed E-state index contributed by atoms with van der Waals surface area (Å²) in [4.78, 5) is 8.66. The van der Waals surface area contributed by atoms with Crippen LogP contribution in [0.1, 0.15) is 36.3 Å². The minimum Gasteiger partial charge on any atom is -0.467 e. The number of fused-ring (bicyclic) bond motifs is 1. The number of likely N-dealkylation sites (tertiary alicyclic amines) is 1. The van der Waals surface area contributed by atoms with Crippen molar-refractivity contribution in [3.05, 3.63) is 10.6 Å². The van der Waals surface area contributed by atoms with Gasteiger partial charge in [0.1, 0.15) is 6.10 Å². The first kappa shape index (κ1) is 12.1. The molecule has 1 aromatic rings. The molecule has 1 N–H and O–H groups in total. The number of thiazole rings is 1. The molecule has 1 saturated carbocycles. The summed E-state index contributed by atoms with van der Waals surface area (Å²) in [6, 6.07) is 0.902. The van der Waals surface area contributed by atoms with E-state index in [1.807, 2.05) is 0 Å². The minimum atomic E-state index is 0.385. The summed E-state index contributed by atoms with van der Waals surface area (Å²) in [6.07, 6.45) is 6.60. The molecule has 19 heavy (non-hydrogen) atoms. The first-order chi connectivity index (χ1) is 9.38. The van der Waals surface area contributed by atoms with Gasteiger partial charge in [0.25, 0.3) is 5.19 Å². The third-order valence-electron chi connectivity index (χ3n) is 4.39. The van der Waals surface area contributed by atoms with Gasteiger partial charge >= 0.3 is 0 Å². The maximum atomic E-state index is 6.11. The fraction of sp³-hybridized carbons (Fsp3) is 0.786. The molecule has 4 nitrogen and oxygen atoms in total. The summed E-state index contributed by atoms with van der Waals surface area (Å²) in [5.74, 6) is 0. The SMILES string of the molecule is C1Cc2nc(OC3CCN(C4CC4)CC3)sc2CN1. The number of rotatable bonds is 3. The Morgan fingerprint density at radius 1 is 1.21 bits per heavy atom. The van der Waals surface area contributed by atoms with Gasteiger partial charge in [-0.25, -0.2) is 4.98 Å². The quantitative estimate of drug-likeness (QED) is 0.915. The van der Waals surface area contributed by atoms with Gasteiger partial charge in [-0.2, -0.15) is 0 Å². The van der Waals surface area contributed by atoms with Gasteiger partial charge in [0.15, 0.2) is 0 Å². The molecule has 0 amide bonds. The topological polar surface area (TPSA) is 37.4 Å². The predicted molar refractivity (Wildman–Crippen MR) is 75.8 cm³/mol. The van der Waals surface area contributed by atoms with Gasteiger partial charge in [-0.05, 0) is 25.7 Å². The van der Waals surface area contributed by atoms with Crippen LogP contribution in [0, 0.1) is 0 Å². The van der Waals surface area contributed by atoms with E-state index in [-0.39, 0.29) is 0 Å². The van der Waals surface area contributed by atoms with E-state index in [0.717, 1.165) is 30.7 Å². The molecule has 1 saturated heterocycles. The third-order valence-corrected chi connectivity index (χ3v) is 5.38. The molecule has 3 heterocycles. The Labute approximate surface area is 118 Å². The van der Waals surface area contributed by atoms with Crippen LogP contribution in [0.5, 0.6) is 5.19 Å². The first-order valence-corrected chi connectivity index (χ1v) is 8.30. The average molecular weight is 279 g/mol. The number of ether oxygens (including phenoxy) is 1. The van der Waals surface area contributed by atoms with Crippen LogP contribution in [0.25, 0.3) is 0 Å². The molecular formula is C14H21N3OS. The third kappa shape index (κ3) is 2.64. The summed E-state index contributed by atoms with van der Waals surface area (Å²) in [7, 11) is 0. The molecule has 2 aliphatic heterocycles. The van der Waals surface area contributed by atoms with Crippen LogP contribution in [-0.2, 0) is 13.0 Å². The van der Waals surface area contributed by atoms with Crippen LogP contribution in [0.4, 0.5) is 0 Å². The van der Waals surface area contributed by atoms with Crippen LogP contribution >= 0.6 is 11.3 Å². The van der Waals surface area contributed by atoms with Crippen molar-refractivity contribution < 1.29 is 4.74 Å². The van der Waals surface area contributed by atoms with Gasteiger partial charge < -0.3 is 15.0 Å². The Morgan fingerprint density at radius 3 is 2.79 bits per heavy atom. The summed E-state index contributed by atoms with van der Waals surface area (Å²) in [6.45, 7) is 4.44. The number of hydrogen-bond acceptors (Lipinski definition) is 5. The Kier molecular flexibility index (Phi) is 3.21. The summed E-state index contributed by atoms with van der Waals surface area (Å²) in [5.41, 5.74) is 1.26. The molecule has 5 heteroatoms. The van der Waals surface area contributed by atoms with Crippen molar-refractivity contribution in [3.8, 4) is 5.19 Å². The lowest BCUT2D eigenvalue weighted by atomic mass is 10.1. The molecule has 4 rings (SSSR count). The van der Waals surface area contributed by atoms with Gasteiger partial charge in [0.05, 0.1) is 5.69 Å². The summed E-state index contributed by atoms with van der Waals surface area (Å²) < 4.78 is 6.11. The van der Waals surface area contributed by atoms with Gasteiger partial charge in [0, 0.05) is 43.5 Å². The van der Waals surface area contributed by atoms with E-state index in [4.69, 9.17) is 4.74 Å². The van der Waals surface area contributed by atoms with E-state index in [2.05, 4.69) is 15.2 Å². The molecule has 0 atom stereocenters. The zero-order valence-corrected chi connectivity index (χ0v) is 12.0. The van der Waals surface area contributed by atoms with Crippen molar-refractivity contribution in [2.24, 2.45) is 0 Å². The zero-order chi connectivity index (χ0) is 12.7. The molecule has 3 aliphatic rings. The monoisotopic (exact) mass is 279 g/mol. The Morgan fingerprint density at radius 2 is 2.05 bits per heavy atom. The highest BCUT2D eigenvalue weighted by molar-refractivity contribution is 7.13. The van der Waals surface area contributed by atoms with Crippen LogP contribution in [0.2, 0.25) is 0 Å².